The minimum absolute atomic E-state index is 0. The van der Waals surface area contributed by atoms with Gasteiger partial charge in [-0.2, -0.15) is 24.7 Å². The molecule has 6 fully saturated rings. The predicted molar refractivity (Wildman–Crippen MR) is 185 cm³/mol. The largest absolute Gasteiger partial charge is 0.340 e. The van der Waals surface area contributed by atoms with Crippen molar-refractivity contribution < 1.29 is 80.7 Å². The maximum absolute atomic E-state index is 2.45. The zero-order chi connectivity index (χ0) is 31.9. The minimum atomic E-state index is 0. The standard InChI is InChI=1S/C11H19N.C7H15N.C7H14N.2C6H12N.3Re.3Rf.Rh/c1-8-5-10-6-12(4)7-11(10,3)9(8)2;2*1-7(2)4-5-8(3)6-7;2*1-6-3-4-7(2)5-6;;;;;;;/h8H,5-7H2,1-4H3;4-6H2,1-3H3;4H,5-6H2,1-3H3;2*3,6H,4-5H2,1-2H3;;;;;;;/q-2;;3*-1;;;;;;;. The quantitative estimate of drug-likeness (QED) is 0.212. The maximum atomic E-state index is 2.45. The van der Waals surface area contributed by atoms with Crippen molar-refractivity contribution in [3.8, 4) is 0 Å². The van der Waals surface area contributed by atoms with Crippen LogP contribution in [0.5, 0.6) is 0 Å². The average molecular weight is 2050 g/mol. The first kappa shape index (κ1) is 60.5. The zero-order valence-electron chi connectivity index (χ0n) is 34.3. The summed E-state index contributed by atoms with van der Waals surface area (Å²) in [5.74, 6) is 5.96. The molecule has 0 aromatic carbocycles. The van der Waals surface area contributed by atoms with E-state index >= 15 is 0 Å². The molecule has 1 saturated carbocycles. The first-order valence-corrected chi connectivity index (χ1v) is 16.9. The van der Waals surface area contributed by atoms with Gasteiger partial charge in [-0.1, -0.05) is 55.0 Å². The van der Waals surface area contributed by atoms with E-state index in [4.69, 9.17) is 0 Å². The third-order valence-electron chi connectivity index (χ3n) is 10.3. The summed E-state index contributed by atoms with van der Waals surface area (Å²) in [5, 5.41) is 0. The predicted octanol–water partition coefficient (Wildman–Crippen LogP) is 6.19. The van der Waals surface area contributed by atoms with Gasteiger partial charge in [0.2, 0.25) is 0 Å². The van der Waals surface area contributed by atoms with Gasteiger partial charge in [0, 0.05) is 87.3 Å². The molecule has 12 heteroatoms. The van der Waals surface area contributed by atoms with Crippen molar-refractivity contribution in [1.29, 1.82) is 0 Å². The van der Waals surface area contributed by atoms with E-state index in [0.29, 0.717) is 16.2 Å². The number of rotatable bonds is 0. The third kappa shape index (κ3) is 20.9. The number of likely N-dealkylation sites (tertiary alicyclic amines) is 5. The molecule has 5 heterocycles. The molecule has 5 saturated heterocycles. The fourth-order valence-corrected chi connectivity index (χ4v) is 7.58. The van der Waals surface area contributed by atoms with E-state index in [-0.39, 0.29) is 80.7 Å². The van der Waals surface area contributed by atoms with Gasteiger partial charge in [-0.25, -0.2) is 6.42 Å². The Hall–Kier alpha value is -0.590. The third-order valence-corrected chi connectivity index (χ3v) is 10.3. The summed E-state index contributed by atoms with van der Waals surface area (Å²) in [4.78, 5) is 11.8. The number of hydrogen-bond donors (Lipinski definition) is 0. The number of nitrogens with zero attached hydrogens (tertiary/aromatic N) is 5. The zero-order valence-corrected chi connectivity index (χ0v) is 63.3. The molecule has 4 unspecified atom stereocenters. The molecule has 0 aromatic heterocycles. The maximum Gasteiger partial charge on any atom is 0.00301 e. The van der Waals surface area contributed by atoms with Crippen LogP contribution in [0.1, 0.15) is 75.2 Å². The molecule has 6 aliphatic rings. The molecule has 5 aliphatic heterocycles. The average Bonchev–Trinajstić information content (AvgIpc) is 3.68. The molecule has 0 amide bonds. The van der Waals surface area contributed by atoms with Gasteiger partial charge in [0.1, 0.15) is 0 Å². The van der Waals surface area contributed by atoms with E-state index < -0.39 is 0 Å². The summed E-state index contributed by atoms with van der Waals surface area (Å²) in [7, 11) is 10.9. The molecule has 49 heavy (non-hydrogen) atoms. The summed E-state index contributed by atoms with van der Waals surface area (Å²) in [5.41, 5.74) is 1.53. The van der Waals surface area contributed by atoms with Crippen LogP contribution in [-0.4, -0.2) is 125 Å². The Bertz CT molecular complexity index is 748. The second kappa shape index (κ2) is 26.2. The molecule has 4 atom stereocenters. The molecule has 5 nitrogen and oxygen atoms in total. The minimum Gasteiger partial charge on any atom is -0.340 e. The normalized spacial score (nSPS) is 30.4. The Morgan fingerprint density at radius 3 is 1.31 bits per heavy atom. The van der Waals surface area contributed by atoms with Crippen molar-refractivity contribution in [2.75, 3.05) is 101 Å². The van der Waals surface area contributed by atoms with Crippen LogP contribution in [0.2, 0.25) is 0 Å². The molecule has 0 aromatic rings. The van der Waals surface area contributed by atoms with Gasteiger partial charge in [-0.3, -0.25) is 5.41 Å². The fourth-order valence-electron chi connectivity index (χ4n) is 7.58. The molecule has 0 spiro atoms. The smallest absolute Gasteiger partial charge is 0.00301 e. The van der Waals surface area contributed by atoms with Crippen LogP contribution in [0, 0.1) is 65.1 Å². The Kier molecular flexibility index (Phi) is 32.4. The Morgan fingerprint density at radius 1 is 0.633 bits per heavy atom. The van der Waals surface area contributed by atoms with Gasteiger partial charge in [-0.15, -0.1) is 38.5 Å². The first-order valence-electron chi connectivity index (χ1n) is 16.9. The van der Waals surface area contributed by atoms with Crippen LogP contribution in [0.3, 0.4) is 0 Å². The molecule has 286 valence electrons. The monoisotopic (exact) mass is 2050 g/mol. The first-order chi connectivity index (χ1) is 19.3. The summed E-state index contributed by atoms with van der Waals surface area (Å²) in [6.07, 6.45) is 9.77. The molecule has 0 bridgehead atoms. The summed E-state index contributed by atoms with van der Waals surface area (Å²) >= 11 is 0. The Labute approximate surface area is 343 Å². The molecule has 0 N–H and O–H groups in total. The van der Waals surface area contributed by atoms with Crippen molar-refractivity contribution in [3.63, 3.8) is 0 Å². The van der Waals surface area contributed by atoms with E-state index in [0.717, 1.165) is 24.3 Å². The second-order valence-corrected chi connectivity index (χ2v) is 16.8. The number of hydrogen-bond acceptors (Lipinski definition) is 5. The summed E-state index contributed by atoms with van der Waals surface area (Å²) in [6, 6.07) is 0. The molecule has 6 rings (SSSR count). The van der Waals surface area contributed by atoms with Gasteiger partial charge in [0.15, 0.2) is 0 Å². The van der Waals surface area contributed by atoms with Gasteiger partial charge in [0.05, 0.1) is 0 Å². The van der Waals surface area contributed by atoms with Crippen LogP contribution < -0.4 is 0 Å². The Balaban J connectivity index is -0.000000116. The van der Waals surface area contributed by atoms with Gasteiger partial charge in [0.25, 0.3) is 0 Å². The van der Waals surface area contributed by atoms with E-state index in [1.54, 1.807) is 11.8 Å². The topological polar surface area (TPSA) is 16.2 Å². The van der Waals surface area contributed by atoms with Crippen molar-refractivity contribution in [2.45, 2.75) is 75.2 Å². The Morgan fingerprint density at radius 2 is 1.10 bits per heavy atom. The van der Waals surface area contributed by atoms with Gasteiger partial charge >= 0.3 is 0 Å². The summed E-state index contributed by atoms with van der Waals surface area (Å²) in [6.45, 7) is 33.1. The second-order valence-electron chi connectivity index (χ2n) is 16.8. The van der Waals surface area contributed by atoms with Crippen LogP contribution in [-0.2, 0) is 80.7 Å². The van der Waals surface area contributed by atoms with Crippen LogP contribution in [0.4, 0.5) is 0 Å². The van der Waals surface area contributed by atoms with Crippen LogP contribution in [0.25, 0.3) is 0 Å². The van der Waals surface area contributed by atoms with Crippen LogP contribution in [0.15, 0.2) is 0 Å². The molecular weight excluding hydrogens is 1980 g/mol. The van der Waals surface area contributed by atoms with E-state index in [9.17, 15) is 0 Å². The SMILES string of the molecule is CC1[CH-]CN(C)C1.CC1[CH-]CN(C)C1.CN1CCC(C)(C)C1.CN1C[CH-]C(C)(C)C1.C[C-]1C(C)C[C-]2CN(C)CC21C.[Re].[Re].[Re].[Rf].[Rf].[Rf].[Rh]. The van der Waals surface area contributed by atoms with Gasteiger partial charge < -0.3 is 55.6 Å². The number of fused-ring (bicyclic) bond motifs is 1. The molecular formula is C37H72N5Re3Rf3Rh-5. The van der Waals surface area contributed by atoms with Gasteiger partial charge in [-0.05, 0) is 73.3 Å². The van der Waals surface area contributed by atoms with Crippen molar-refractivity contribution in [2.24, 2.45) is 34.0 Å². The van der Waals surface area contributed by atoms with E-state index in [1.807, 2.05) is 0 Å². The van der Waals surface area contributed by atoms with Crippen molar-refractivity contribution >= 4 is 0 Å². The summed E-state index contributed by atoms with van der Waals surface area (Å²) < 4.78 is 0. The fraction of sp³-hybridized carbons (Fsp3) is 0.865. The van der Waals surface area contributed by atoms with E-state index in [2.05, 4.69) is 141 Å². The van der Waals surface area contributed by atoms with Crippen LogP contribution >= 0.6 is 0 Å². The molecule has 1 aliphatic carbocycles. The molecule has 4 radical (unpaired) electrons. The van der Waals surface area contributed by atoms with Crippen molar-refractivity contribution in [1.82, 2.24) is 24.5 Å². The van der Waals surface area contributed by atoms with Crippen molar-refractivity contribution in [3.05, 3.63) is 31.1 Å². The van der Waals surface area contributed by atoms with E-state index in [1.165, 1.54) is 71.7 Å².